The first kappa shape index (κ1) is 13.1. The SMILES string of the molecule is CCCN1CCC(NC(=O)c2cc(C)on2)CC1. The molecular formula is C13H21N3O2. The third kappa shape index (κ3) is 3.32. The molecule has 0 aromatic carbocycles. The van der Waals surface area contributed by atoms with E-state index < -0.39 is 0 Å². The topological polar surface area (TPSA) is 58.4 Å². The van der Waals surface area contributed by atoms with E-state index in [0.717, 1.165) is 32.5 Å². The molecule has 0 spiro atoms. The maximum atomic E-state index is 11.9. The number of hydrogen-bond donors (Lipinski definition) is 1. The van der Waals surface area contributed by atoms with Crippen LogP contribution in [-0.2, 0) is 0 Å². The van der Waals surface area contributed by atoms with Crippen molar-refractivity contribution in [3.8, 4) is 0 Å². The van der Waals surface area contributed by atoms with E-state index >= 15 is 0 Å². The van der Waals surface area contributed by atoms with Crippen molar-refractivity contribution in [3.05, 3.63) is 17.5 Å². The van der Waals surface area contributed by atoms with E-state index in [1.807, 2.05) is 0 Å². The number of nitrogens with zero attached hydrogens (tertiary/aromatic N) is 2. The van der Waals surface area contributed by atoms with Gasteiger partial charge in [0.25, 0.3) is 5.91 Å². The molecule has 1 aromatic rings. The lowest BCUT2D eigenvalue weighted by atomic mass is 10.0. The van der Waals surface area contributed by atoms with E-state index in [2.05, 4.69) is 22.3 Å². The highest BCUT2D eigenvalue weighted by molar-refractivity contribution is 5.92. The fraction of sp³-hybridized carbons (Fsp3) is 0.692. The third-order valence-corrected chi connectivity index (χ3v) is 3.32. The first-order chi connectivity index (χ1) is 8.69. The predicted octanol–water partition coefficient (Wildman–Crippen LogP) is 1.59. The molecule has 2 heterocycles. The summed E-state index contributed by atoms with van der Waals surface area (Å²) in [7, 11) is 0. The maximum Gasteiger partial charge on any atom is 0.273 e. The van der Waals surface area contributed by atoms with Gasteiger partial charge in [0.1, 0.15) is 5.76 Å². The van der Waals surface area contributed by atoms with Crippen molar-refractivity contribution in [3.63, 3.8) is 0 Å². The number of rotatable bonds is 4. The highest BCUT2D eigenvalue weighted by Crippen LogP contribution is 2.11. The van der Waals surface area contributed by atoms with Crippen molar-refractivity contribution in [2.75, 3.05) is 19.6 Å². The summed E-state index contributed by atoms with van der Waals surface area (Å²) in [6, 6.07) is 1.93. The largest absolute Gasteiger partial charge is 0.361 e. The molecule has 5 heteroatoms. The highest BCUT2D eigenvalue weighted by atomic mass is 16.5. The first-order valence-corrected chi connectivity index (χ1v) is 6.65. The van der Waals surface area contributed by atoms with E-state index in [-0.39, 0.29) is 11.9 Å². The van der Waals surface area contributed by atoms with E-state index in [1.54, 1.807) is 13.0 Å². The van der Waals surface area contributed by atoms with Gasteiger partial charge in [0.15, 0.2) is 5.69 Å². The molecule has 0 saturated carbocycles. The fourth-order valence-electron chi connectivity index (χ4n) is 2.35. The molecule has 0 atom stereocenters. The summed E-state index contributed by atoms with van der Waals surface area (Å²) >= 11 is 0. The number of carbonyl (C=O) groups is 1. The van der Waals surface area contributed by atoms with Crippen LogP contribution in [-0.4, -0.2) is 41.6 Å². The molecule has 1 aromatic heterocycles. The zero-order valence-corrected chi connectivity index (χ0v) is 11.1. The Bertz CT molecular complexity index is 395. The van der Waals surface area contributed by atoms with Crippen molar-refractivity contribution in [1.82, 2.24) is 15.4 Å². The van der Waals surface area contributed by atoms with Gasteiger partial charge in [0, 0.05) is 25.2 Å². The van der Waals surface area contributed by atoms with Gasteiger partial charge in [0.2, 0.25) is 0 Å². The van der Waals surface area contributed by atoms with Crippen LogP contribution in [0.1, 0.15) is 42.4 Å². The summed E-state index contributed by atoms with van der Waals surface area (Å²) in [5.74, 6) is 0.540. The Balaban J connectivity index is 1.79. The molecule has 18 heavy (non-hydrogen) atoms. The zero-order chi connectivity index (χ0) is 13.0. The summed E-state index contributed by atoms with van der Waals surface area (Å²) in [5, 5.41) is 6.75. The Morgan fingerprint density at radius 1 is 1.56 bits per heavy atom. The van der Waals surface area contributed by atoms with Gasteiger partial charge in [-0.3, -0.25) is 4.79 Å². The van der Waals surface area contributed by atoms with Crippen molar-refractivity contribution in [1.29, 1.82) is 0 Å². The molecule has 1 N–H and O–H groups in total. The maximum absolute atomic E-state index is 11.9. The Labute approximate surface area is 108 Å². The van der Waals surface area contributed by atoms with Gasteiger partial charge in [-0.25, -0.2) is 0 Å². The van der Waals surface area contributed by atoms with Crippen LogP contribution in [0.25, 0.3) is 0 Å². The van der Waals surface area contributed by atoms with Gasteiger partial charge in [-0.2, -0.15) is 0 Å². The zero-order valence-electron chi connectivity index (χ0n) is 11.1. The quantitative estimate of drug-likeness (QED) is 0.882. The van der Waals surface area contributed by atoms with Crippen LogP contribution in [0.15, 0.2) is 10.6 Å². The van der Waals surface area contributed by atoms with Gasteiger partial charge in [-0.15, -0.1) is 0 Å². The lowest BCUT2D eigenvalue weighted by Crippen LogP contribution is -2.44. The second kappa shape index (κ2) is 6.00. The summed E-state index contributed by atoms with van der Waals surface area (Å²) in [6.45, 7) is 7.27. The summed E-state index contributed by atoms with van der Waals surface area (Å²) in [5.41, 5.74) is 0.378. The Morgan fingerprint density at radius 3 is 2.83 bits per heavy atom. The molecule has 0 bridgehead atoms. The summed E-state index contributed by atoms with van der Waals surface area (Å²) in [4.78, 5) is 14.3. The normalized spacial score (nSPS) is 17.9. The molecule has 0 radical (unpaired) electrons. The molecule has 5 nitrogen and oxygen atoms in total. The first-order valence-electron chi connectivity index (χ1n) is 6.65. The number of likely N-dealkylation sites (tertiary alicyclic amines) is 1. The highest BCUT2D eigenvalue weighted by Gasteiger charge is 2.21. The van der Waals surface area contributed by atoms with Gasteiger partial charge in [0.05, 0.1) is 0 Å². The molecule has 1 aliphatic rings. The fourth-order valence-corrected chi connectivity index (χ4v) is 2.35. The lowest BCUT2D eigenvalue weighted by Gasteiger charge is -2.31. The van der Waals surface area contributed by atoms with E-state index in [1.165, 1.54) is 6.42 Å². The van der Waals surface area contributed by atoms with Crippen LogP contribution in [0.3, 0.4) is 0 Å². The lowest BCUT2D eigenvalue weighted by molar-refractivity contribution is 0.0902. The molecule has 1 aliphatic heterocycles. The molecule has 1 fully saturated rings. The number of aryl methyl sites for hydroxylation is 1. The van der Waals surface area contributed by atoms with Crippen LogP contribution >= 0.6 is 0 Å². The minimum absolute atomic E-state index is 0.124. The van der Waals surface area contributed by atoms with E-state index in [9.17, 15) is 4.79 Å². The monoisotopic (exact) mass is 251 g/mol. The van der Waals surface area contributed by atoms with Gasteiger partial charge < -0.3 is 14.7 Å². The van der Waals surface area contributed by atoms with Crippen LogP contribution in [0.5, 0.6) is 0 Å². The molecule has 2 rings (SSSR count). The second-order valence-electron chi connectivity index (χ2n) is 4.91. The minimum atomic E-state index is -0.124. The number of carbonyl (C=O) groups excluding carboxylic acids is 1. The minimum Gasteiger partial charge on any atom is -0.361 e. The number of aromatic nitrogens is 1. The van der Waals surface area contributed by atoms with Crippen molar-refractivity contribution >= 4 is 5.91 Å². The standard InChI is InChI=1S/C13H21N3O2/c1-3-6-16-7-4-11(5-8-16)14-13(17)12-9-10(2)18-15-12/h9,11H,3-8H2,1-2H3,(H,14,17). The van der Waals surface area contributed by atoms with E-state index in [0.29, 0.717) is 11.5 Å². The molecular weight excluding hydrogens is 230 g/mol. The summed E-state index contributed by atoms with van der Waals surface area (Å²) < 4.78 is 4.90. The molecule has 1 saturated heterocycles. The average molecular weight is 251 g/mol. The number of nitrogens with one attached hydrogen (secondary N) is 1. The van der Waals surface area contributed by atoms with Crippen molar-refractivity contribution in [2.24, 2.45) is 0 Å². The van der Waals surface area contributed by atoms with Crippen LogP contribution in [0.2, 0.25) is 0 Å². The number of hydrogen-bond acceptors (Lipinski definition) is 4. The number of piperidine rings is 1. The van der Waals surface area contributed by atoms with Crippen LogP contribution < -0.4 is 5.32 Å². The molecule has 0 unspecified atom stereocenters. The van der Waals surface area contributed by atoms with Gasteiger partial charge in [-0.05, 0) is 32.7 Å². The second-order valence-corrected chi connectivity index (χ2v) is 4.91. The predicted molar refractivity (Wildman–Crippen MR) is 68.5 cm³/mol. The summed E-state index contributed by atoms with van der Waals surface area (Å²) in [6.07, 6.45) is 3.22. The molecule has 1 amide bonds. The smallest absolute Gasteiger partial charge is 0.273 e. The van der Waals surface area contributed by atoms with E-state index in [4.69, 9.17) is 4.52 Å². The molecule has 0 aliphatic carbocycles. The van der Waals surface area contributed by atoms with Crippen molar-refractivity contribution < 1.29 is 9.32 Å². The Morgan fingerprint density at radius 2 is 2.28 bits per heavy atom. The Kier molecular flexibility index (Phi) is 4.36. The number of amides is 1. The Hall–Kier alpha value is -1.36. The van der Waals surface area contributed by atoms with Gasteiger partial charge >= 0.3 is 0 Å². The van der Waals surface area contributed by atoms with Crippen molar-refractivity contribution in [2.45, 2.75) is 39.2 Å². The molecule has 100 valence electrons. The van der Waals surface area contributed by atoms with Crippen LogP contribution in [0.4, 0.5) is 0 Å². The third-order valence-electron chi connectivity index (χ3n) is 3.32. The average Bonchev–Trinajstić information content (AvgIpc) is 2.79. The van der Waals surface area contributed by atoms with Crippen LogP contribution in [0, 0.1) is 6.92 Å². The van der Waals surface area contributed by atoms with Gasteiger partial charge in [-0.1, -0.05) is 12.1 Å².